The fraction of sp³-hybridized carbons (Fsp3) is 0.0417. The molecule has 4 aromatic rings. The molecule has 0 unspecified atom stereocenters. The Morgan fingerprint density at radius 3 is 2.33 bits per heavy atom. The van der Waals surface area contributed by atoms with Gasteiger partial charge in [0.15, 0.2) is 5.69 Å². The molecule has 30 heavy (non-hydrogen) atoms. The van der Waals surface area contributed by atoms with Crippen LogP contribution in [0.2, 0.25) is 0 Å². The van der Waals surface area contributed by atoms with Gasteiger partial charge in [0.05, 0.1) is 18.0 Å². The molecule has 0 aliphatic rings. The van der Waals surface area contributed by atoms with Crippen molar-refractivity contribution in [3.63, 3.8) is 0 Å². The first-order chi connectivity index (χ1) is 14.6. The number of nitrogens with zero attached hydrogens (tertiary/aromatic N) is 3. The summed E-state index contributed by atoms with van der Waals surface area (Å²) >= 11 is 0. The lowest BCUT2D eigenvalue weighted by molar-refractivity contribution is 0.0686. The smallest absolute Gasteiger partial charge is 0.354 e. The van der Waals surface area contributed by atoms with Crippen LogP contribution in [0.15, 0.2) is 79.1 Å². The molecule has 0 spiro atoms. The minimum Gasteiger partial charge on any atom is -0.477 e. The lowest BCUT2D eigenvalue weighted by Crippen LogP contribution is -2.10. The number of hydrogen-bond acceptors (Lipinski definition) is 3. The molecule has 0 atom stereocenters. The Hall–Kier alpha value is -4.24. The van der Waals surface area contributed by atoms with Crippen LogP contribution in [0.1, 0.15) is 21.6 Å². The maximum absolute atomic E-state index is 13.2. The predicted molar refractivity (Wildman–Crippen MR) is 110 cm³/mol. The molecule has 0 radical (unpaired) electrons. The molecule has 5 nitrogen and oxygen atoms in total. The quantitative estimate of drug-likeness (QED) is 0.515. The largest absolute Gasteiger partial charge is 0.477 e. The highest BCUT2D eigenvalue weighted by atomic mass is 19.1. The summed E-state index contributed by atoms with van der Waals surface area (Å²) in [5.41, 5.74) is 4.11. The van der Waals surface area contributed by atoms with Gasteiger partial charge in [-0.15, -0.1) is 0 Å². The van der Waals surface area contributed by atoms with E-state index in [4.69, 9.17) is 0 Å². The van der Waals surface area contributed by atoms with Crippen molar-refractivity contribution in [3.05, 3.63) is 102 Å². The normalized spacial score (nSPS) is 10.5. The molecule has 0 aliphatic heterocycles. The lowest BCUT2D eigenvalue weighted by atomic mass is 9.99. The Labute approximate surface area is 172 Å². The standard InChI is InChI=1S/C24H16FN3O2/c25-20-11-9-18(10-12-20)22-23(24(29)30)28(15-27-22)14-16-5-7-17(8-6-16)21-4-2-1-3-19(21)13-26/h1-12,15H,14H2,(H,29,30). The molecule has 3 aromatic carbocycles. The van der Waals surface area contributed by atoms with Crippen molar-refractivity contribution in [2.75, 3.05) is 0 Å². The van der Waals surface area contributed by atoms with Crippen LogP contribution >= 0.6 is 0 Å². The van der Waals surface area contributed by atoms with E-state index in [1.165, 1.54) is 30.6 Å². The van der Waals surface area contributed by atoms with Gasteiger partial charge >= 0.3 is 5.97 Å². The van der Waals surface area contributed by atoms with E-state index < -0.39 is 11.8 Å². The first kappa shape index (κ1) is 19.1. The third kappa shape index (κ3) is 3.69. The molecule has 146 valence electrons. The van der Waals surface area contributed by atoms with Crippen LogP contribution in [0.5, 0.6) is 0 Å². The van der Waals surface area contributed by atoms with Crippen molar-refractivity contribution in [2.24, 2.45) is 0 Å². The number of carboxylic acid groups (broad SMARTS) is 1. The molecule has 0 bridgehead atoms. The third-order valence-corrected chi connectivity index (χ3v) is 4.82. The monoisotopic (exact) mass is 397 g/mol. The second-order valence-electron chi connectivity index (χ2n) is 6.74. The van der Waals surface area contributed by atoms with Crippen molar-refractivity contribution in [1.82, 2.24) is 9.55 Å². The molecule has 0 saturated heterocycles. The van der Waals surface area contributed by atoms with Crippen LogP contribution in [-0.4, -0.2) is 20.6 Å². The number of nitriles is 1. The van der Waals surface area contributed by atoms with Crippen molar-refractivity contribution < 1.29 is 14.3 Å². The zero-order chi connectivity index (χ0) is 21.1. The summed E-state index contributed by atoms with van der Waals surface area (Å²) in [5.74, 6) is -1.50. The number of benzene rings is 3. The number of carboxylic acids is 1. The van der Waals surface area contributed by atoms with Gasteiger partial charge in [0.1, 0.15) is 11.5 Å². The van der Waals surface area contributed by atoms with E-state index in [1.54, 1.807) is 10.6 Å². The minimum atomic E-state index is -1.11. The first-order valence-corrected chi connectivity index (χ1v) is 9.19. The molecule has 0 amide bonds. The lowest BCUT2D eigenvalue weighted by Gasteiger charge is -2.09. The Bertz CT molecular complexity index is 1250. The molecule has 0 saturated carbocycles. The molecular weight excluding hydrogens is 381 g/mol. The summed E-state index contributed by atoms with van der Waals surface area (Å²) in [4.78, 5) is 16.1. The van der Waals surface area contributed by atoms with Gasteiger partial charge in [-0.1, -0.05) is 42.5 Å². The minimum absolute atomic E-state index is 0.0421. The van der Waals surface area contributed by atoms with Crippen LogP contribution in [0.3, 0.4) is 0 Å². The van der Waals surface area contributed by atoms with E-state index >= 15 is 0 Å². The number of carbonyl (C=O) groups is 1. The summed E-state index contributed by atoms with van der Waals surface area (Å²) in [6.07, 6.45) is 1.47. The first-order valence-electron chi connectivity index (χ1n) is 9.19. The second kappa shape index (κ2) is 8.02. The van der Waals surface area contributed by atoms with Crippen LogP contribution in [0.4, 0.5) is 4.39 Å². The number of imidazole rings is 1. The third-order valence-electron chi connectivity index (χ3n) is 4.82. The topological polar surface area (TPSA) is 78.9 Å². The average molecular weight is 397 g/mol. The van der Waals surface area contributed by atoms with Crippen molar-refractivity contribution in [2.45, 2.75) is 6.54 Å². The van der Waals surface area contributed by atoms with Crippen LogP contribution in [-0.2, 0) is 6.54 Å². The highest BCUT2D eigenvalue weighted by Crippen LogP contribution is 2.26. The molecule has 0 fully saturated rings. The SMILES string of the molecule is N#Cc1ccccc1-c1ccc(Cn2cnc(-c3ccc(F)cc3)c2C(=O)O)cc1. The summed E-state index contributed by atoms with van der Waals surface area (Å²) in [6, 6.07) is 22.7. The maximum Gasteiger partial charge on any atom is 0.354 e. The van der Waals surface area contributed by atoms with E-state index in [1.807, 2.05) is 42.5 Å². The van der Waals surface area contributed by atoms with Crippen molar-refractivity contribution >= 4 is 5.97 Å². The Kier molecular flexibility index (Phi) is 5.10. The van der Waals surface area contributed by atoms with Crippen LogP contribution < -0.4 is 0 Å². The van der Waals surface area contributed by atoms with Gasteiger partial charge in [-0.05, 0) is 47.0 Å². The van der Waals surface area contributed by atoms with E-state index in [9.17, 15) is 19.6 Å². The molecule has 0 aliphatic carbocycles. The maximum atomic E-state index is 13.2. The Morgan fingerprint density at radius 2 is 1.67 bits per heavy atom. The number of hydrogen-bond donors (Lipinski definition) is 1. The van der Waals surface area contributed by atoms with E-state index in [0.29, 0.717) is 23.4 Å². The molecule has 1 aromatic heterocycles. The van der Waals surface area contributed by atoms with Crippen LogP contribution in [0, 0.1) is 17.1 Å². The highest BCUT2D eigenvalue weighted by molar-refractivity contribution is 5.93. The van der Waals surface area contributed by atoms with E-state index in [-0.39, 0.29) is 5.69 Å². The summed E-state index contributed by atoms with van der Waals surface area (Å²) in [6.45, 7) is 0.315. The second-order valence-corrected chi connectivity index (χ2v) is 6.74. The molecule has 1 N–H and O–H groups in total. The van der Waals surface area contributed by atoms with Gasteiger partial charge in [-0.2, -0.15) is 5.26 Å². The fourth-order valence-corrected chi connectivity index (χ4v) is 3.36. The van der Waals surface area contributed by atoms with Gasteiger partial charge in [0.25, 0.3) is 0 Å². The molecule has 1 heterocycles. The summed E-state index contributed by atoms with van der Waals surface area (Å²) in [7, 11) is 0. The molecule has 6 heteroatoms. The number of rotatable bonds is 5. The van der Waals surface area contributed by atoms with Crippen molar-refractivity contribution in [3.8, 4) is 28.5 Å². The van der Waals surface area contributed by atoms with Gasteiger partial charge in [-0.25, -0.2) is 14.2 Å². The summed E-state index contributed by atoms with van der Waals surface area (Å²) < 4.78 is 14.8. The summed E-state index contributed by atoms with van der Waals surface area (Å²) in [5, 5.41) is 19.0. The van der Waals surface area contributed by atoms with E-state index in [2.05, 4.69) is 11.1 Å². The average Bonchev–Trinajstić information content (AvgIpc) is 3.18. The zero-order valence-electron chi connectivity index (χ0n) is 15.8. The van der Waals surface area contributed by atoms with Gasteiger partial charge < -0.3 is 9.67 Å². The fourth-order valence-electron chi connectivity index (χ4n) is 3.36. The van der Waals surface area contributed by atoms with Gasteiger partial charge in [-0.3, -0.25) is 0 Å². The Morgan fingerprint density at radius 1 is 1.00 bits per heavy atom. The number of aromatic carboxylic acids is 1. The zero-order valence-corrected chi connectivity index (χ0v) is 15.8. The van der Waals surface area contributed by atoms with Gasteiger partial charge in [0, 0.05) is 12.1 Å². The number of halogens is 1. The Balaban J connectivity index is 1.64. The highest BCUT2D eigenvalue weighted by Gasteiger charge is 2.19. The van der Waals surface area contributed by atoms with E-state index in [0.717, 1.165) is 16.7 Å². The molecule has 4 rings (SSSR count). The van der Waals surface area contributed by atoms with Crippen LogP contribution in [0.25, 0.3) is 22.4 Å². The van der Waals surface area contributed by atoms with Crippen molar-refractivity contribution in [1.29, 1.82) is 5.26 Å². The van der Waals surface area contributed by atoms with Gasteiger partial charge in [0.2, 0.25) is 0 Å². The number of aromatic nitrogens is 2. The predicted octanol–water partition coefficient (Wildman–Crippen LogP) is 4.97. The molecular formula is C24H16FN3O2.